The second-order valence-corrected chi connectivity index (χ2v) is 9.87. The normalized spacial score (nSPS) is 21.2. The van der Waals surface area contributed by atoms with Gasteiger partial charge in [-0.3, -0.25) is 9.36 Å². The largest absolute Gasteiger partial charge is 0.468 e. The number of aromatic nitrogens is 4. The van der Waals surface area contributed by atoms with Gasteiger partial charge in [-0.15, -0.1) is 0 Å². The van der Waals surface area contributed by atoms with E-state index in [9.17, 15) is 9.36 Å². The Kier molecular flexibility index (Phi) is 7.41. The Labute approximate surface area is 175 Å². The van der Waals surface area contributed by atoms with Gasteiger partial charge in [0, 0.05) is 13.1 Å². The van der Waals surface area contributed by atoms with Gasteiger partial charge in [-0.05, 0) is 18.8 Å². The van der Waals surface area contributed by atoms with Gasteiger partial charge in [0.15, 0.2) is 11.5 Å². The Morgan fingerprint density at radius 2 is 2.17 bits per heavy atom. The lowest BCUT2D eigenvalue weighted by Gasteiger charge is -2.39. The van der Waals surface area contributed by atoms with E-state index >= 15 is 0 Å². The summed E-state index contributed by atoms with van der Waals surface area (Å²) in [6.45, 7) is 5.59. The number of hydrogen-bond donors (Lipinski definition) is 1. The van der Waals surface area contributed by atoms with Crippen LogP contribution in [-0.2, 0) is 29.9 Å². The van der Waals surface area contributed by atoms with E-state index in [2.05, 4.69) is 15.0 Å². The van der Waals surface area contributed by atoms with Crippen molar-refractivity contribution in [1.82, 2.24) is 24.2 Å². The number of nitrogens with two attached hydrogens (primary N) is 1. The molecule has 0 aromatic carbocycles. The molecule has 2 aromatic heterocycles. The van der Waals surface area contributed by atoms with Crippen LogP contribution in [0.2, 0.25) is 0 Å². The number of ether oxygens (including phenoxy) is 2. The van der Waals surface area contributed by atoms with E-state index in [0.717, 1.165) is 0 Å². The fourth-order valence-corrected chi connectivity index (χ4v) is 5.67. The number of rotatable bonds is 9. The van der Waals surface area contributed by atoms with Crippen LogP contribution >= 0.6 is 7.52 Å². The second-order valence-electron chi connectivity index (χ2n) is 7.56. The van der Waals surface area contributed by atoms with Crippen LogP contribution in [0.1, 0.15) is 26.7 Å². The molecular formula is C18H29N6O5P. The maximum Gasteiger partial charge on any atom is 0.323 e. The van der Waals surface area contributed by atoms with Crippen LogP contribution in [0.25, 0.3) is 11.2 Å². The van der Waals surface area contributed by atoms with Crippen molar-refractivity contribution in [3.8, 4) is 0 Å². The van der Waals surface area contributed by atoms with Crippen molar-refractivity contribution < 1.29 is 23.4 Å². The number of imidazole rings is 1. The molecule has 0 aliphatic carbocycles. The first-order valence-electron chi connectivity index (χ1n) is 9.93. The van der Waals surface area contributed by atoms with Gasteiger partial charge in [0.25, 0.3) is 7.52 Å². The van der Waals surface area contributed by atoms with Crippen molar-refractivity contribution in [3.05, 3.63) is 12.7 Å². The highest BCUT2D eigenvalue weighted by Gasteiger charge is 2.43. The predicted molar refractivity (Wildman–Crippen MR) is 111 cm³/mol. The third kappa shape index (κ3) is 4.97. The van der Waals surface area contributed by atoms with E-state index in [0.29, 0.717) is 49.5 Å². The van der Waals surface area contributed by atoms with Crippen molar-refractivity contribution in [1.29, 1.82) is 0 Å². The predicted octanol–water partition coefficient (Wildman–Crippen LogP) is 1.89. The van der Waals surface area contributed by atoms with Crippen LogP contribution in [0.4, 0.5) is 5.82 Å². The monoisotopic (exact) mass is 440 g/mol. The highest BCUT2D eigenvalue weighted by atomic mass is 31.2. The van der Waals surface area contributed by atoms with E-state index in [1.54, 1.807) is 15.6 Å². The van der Waals surface area contributed by atoms with Gasteiger partial charge >= 0.3 is 5.97 Å². The van der Waals surface area contributed by atoms with Crippen LogP contribution in [0, 0.1) is 5.92 Å². The van der Waals surface area contributed by atoms with Gasteiger partial charge in [-0.1, -0.05) is 13.8 Å². The number of anilines is 1. The lowest BCUT2D eigenvalue weighted by molar-refractivity contribution is -0.146. The summed E-state index contributed by atoms with van der Waals surface area (Å²) in [6, 6.07) is -0.623. The van der Waals surface area contributed by atoms with Crippen LogP contribution in [0.15, 0.2) is 12.7 Å². The first-order valence-corrected chi connectivity index (χ1v) is 11.7. The minimum Gasteiger partial charge on any atom is -0.468 e. The number of nitrogens with zero attached hydrogens (tertiary/aromatic N) is 5. The SMILES string of the molecule is COC(=O)[C@H](CC(C)C)N1CCCOP1(=O)COCCn1cnc2c(N)ncnc21. The molecule has 0 bridgehead atoms. The summed E-state index contributed by atoms with van der Waals surface area (Å²) in [5, 5.41) is 0. The van der Waals surface area contributed by atoms with Gasteiger partial charge in [0.2, 0.25) is 0 Å². The number of carbonyl (C=O) groups excluding carboxylic acids is 1. The summed E-state index contributed by atoms with van der Waals surface area (Å²) in [5.74, 6) is 0.139. The van der Waals surface area contributed by atoms with E-state index in [-0.39, 0.29) is 18.9 Å². The average Bonchev–Trinajstić information content (AvgIpc) is 3.14. The van der Waals surface area contributed by atoms with Gasteiger partial charge in [-0.25, -0.2) is 19.6 Å². The zero-order chi connectivity index (χ0) is 21.7. The highest BCUT2D eigenvalue weighted by molar-refractivity contribution is 7.56. The number of methoxy groups -OCH3 is 1. The Balaban J connectivity index is 1.64. The molecule has 2 atom stereocenters. The molecule has 1 aliphatic heterocycles. The summed E-state index contributed by atoms with van der Waals surface area (Å²) in [4.78, 5) is 24.7. The zero-order valence-corrected chi connectivity index (χ0v) is 18.5. The van der Waals surface area contributed by atoms with Crippen LogP contribution in [0.3, 0.4) is 0 Å². The number of carbonyl (C=O) groups is 1. The van der Waals surface area contributed by atoms with Gasteiger partial charge in [0.05, 0.1) is 26.7 Å². The van der Waals surface area contributed by atoms with Crippen molar-refractivity contribution in [2.75, 3.05) is 38.9 Å². The molecule has 3 heterocycles. The molecule has 0 spiro atoms. The lowest BCUT2D eigenvalue weighted by Crippen LogP contribution is -2.44. The van der Waals surface area contributed by atoms with E-state index in [1.807, 2.05) is 13.8 Å². The fraction of sp³-hybridized carbons (Fsp3) is 0.667. The molecule has 1 fully saturated rings. The summed E-state index contributed by atoms with van der Waals surface area (Å²) in [5.41, 5.74) is 6.93. The minimum absolute atomic E-state index is 0.109. The van der Waals surface area contributed by atoms with Gasteiger partial charge in [-0.2, -0.15) is 0 Å². The second kappa shape index (κ2) is 9.82. The van der Waals surface area contributed by atoms with Crippen LogP contribution in [-0.4, -0.2) is 69.4 Å². The maximum atomic E-state index is 13.5. The highest BCUT2D eigenvalue weighted by Crippen LogP contribution is 2.55. The summed E-state index contributed by atoms with van der Waals surface area (Å²) in [6.07, 6.45) is 4.10. The maximum absolute atomic E-state index is 13.5. The van der Waals surface area contributed by atoms with Gasteiger partial charge in [0.1, 0.15) is 24.2 Å². The number of fused-ring (bicyclic) bond motifs is 1. The van der Waals surface area contributed by atoms with E-state index in [1.165, 1.54) is 13.4 Å². The summed E-state index contributed by atoms with van der Waals surface area (Å²) < 4.78 is 33.3. The molecule has 166 valence electrons. The molecule has 0 radical (unpaired) electrons. The molecule has 1 saturated heterocycles. The molecule has 11 nitrogen and oxygen atoms in total. The van der Waals surface area contributed by atoms with Gasteiger partial charge < -0.3 is 24.3 Å². The Morgan fingerprint density at radius 1 is 1.37 bits per heavy atom. The quantitative estimate of drug-likeness (QED) is 0.350. The first-order chi connectivity index (χ1) is 14.4. The topological polar surface area (TPSA) is 135 Å². The van der Waals surface area contributed by atoms with Crippen molar-refractivity contribution in [2.45, 2.75) is 39.3 Å². The smallest absolute Gasteiger partial charge is 0.323 e. The molecule has 1 aliphatic rings. The third-order valence-corrected chi connectivity index (χ3v) is 7.26. The fourth-order valence-electron chi connectivity index (χ4n) is 3.47. The van der Waals surface area contributed by atoms with Crippen LogP contribution < -0.4 is 5.73 Å². The molecule has 2 aromatic rings. The third-order valence-electron chi connectivity index (χ3n) is 4.90. The Hall–Kier alpha value is -2.07. The molecular weight excluding hydrogens is 411 g/mol. The molecule has 1 unspecified atom stereocenters. The van der Waals surface area contributed by atoms with Crippen molar-refractivity contribution in [2.24, 2.45) is 5.92 Å². The number of esters is 1. The molecule has 0 saturated carbocycles. The first kappa shape index (κ1) is 22.6. The van der Waals surface area contributed by atoms with E-state index < -0.39 is 19.5 Å². The molecule has 30 heavy (non-hydrogen) atoms. The standard InChI is InChI=1S/C18H29N6O5P/c1-13(2)9-14(18(25)27-3)24-5-4-7-29-30(24,26)12-28-8-6-23-11-22-15-16(19)20-10-21-17(15)23/h10-11,13-14H,4-9,12H2,1-3H3,(H2,19,20,21)/t14-,30?/m0/s1. The minimum atomic E-state index is -3.33. The lowest BCUT2D eigenvalue weighted by atomic mass is 10.0. The van der Waals surface area contributed by atoms with Crippen LogP contribution in [0.5, 0.6) is 0 Å². The number of hydrogen-bond acceptors (Lipinski definition) is 9. The van der Waals surface area contributed by atoms with Crippen molar-refractivity contribution >= 4 is 30.5 Å². The van der Waals surface area contributed by atoms with Crippen molar-refractivity contribution in [3.63, 3.8) is 0 Å². The molecule has 12 heteroatoms. The Morgan fingerprint density at radius 3 is 2.90 bits per heavy atom. The molecule has 2 N–H and O–H groups in total. The Bertz CT molecular complexity index is 920. The number of nitrogen functional groups attached to an aromatic ring is 1. The van der Waals surface area contributed by atoms with E-state index in [4.69, 9.17) is 19.7 Å². The zero-order valence-electron chi connectivity index (χ0n) is 17.6. The average molecular weight is 440 g/mol. The summed E-state index contributed by atoms with van der Waals surface area (Å²) in [7, 11) is -1.98. The summed E-state index contributed by atoms with van der Waals surface area (Å²) >= 11 is 0. The molecule has 3 rings (SSSR count). The molecule has 0 amide bonds.